The highest BCUT2D eigenvalue weighted by Crippen LogP contribution is 2.04. The number of rotatable bonds is 5. The molecule has 25 heavy (non-hydrogen) atoms. The van der Waals surface area contributed by atoms with Crippen molar-refractivity contribution in [1.82, 2.24) is 19.9 Å². The lowest BCUT2D eigenvalue weighted by atomic mass is 10.2. The molecule has 0 aliphatic heterocycles. The summed E-state index contributed by atoms with van der Waals surface area (Å²) in [5.74, 6) is -1.13. The predicted octanol–water partition coefficient (Wildman–Crippen LogP) is 1.13. The van der Waals surface area contributed by atoms with E-state index in [-0.39, 0.29) is 29.4 Å². The predicted molar refractivity (Wildman–Crippen MR) is 89.4 cm³/mol. The van der Waals surface area contributed by atoms with Crippen molar-refractivity contribution >= 4 is 17.5 Å². The Hall–Kier alpha value is -3.42. The van der Waals surface area contributed by atoms with Crippen LogP contribution in [-0.2, 0) is 11.3 Å². The second-order valence-electron chi connectivity index (χ2n) is 5.23. The van der Waals surface area contributed by atoms with Crippen LogP contribution in [0.3, 0.4) is 0 Å². The fourth-order valence-electron chi connectivity index (χ4n) is 2.30. The van der Waals surface area contributed by atoms with Gasteiger partial charge in [0.05, 0.1) is 6.61 Å². The number of H-pyrrole nitrogens is 1. The molecule has 0 aliphatic carbocycles. The smallest absolute Gasteiger partial charge is 0.345 e. The summed E-state index contributed by atoms with van der Waals surface area (Å²) in [5, 5.41) is 5.41. The Labute approximate surface area is 142 Å². The lowest BCUT2D eigenvalue weighted by Gasteiger charge is -2.03. The van der Waals surface area contributed by atoms with Crippen molar-refractivity contribution < 1.29 is 14.3 Å². The van der Waals surface area contributed by atoms with Crippen LogP contribution in [0.25, 0.3) is 5.65 Å². The Balaban J connectivity index is 1.83. The molecule has 128 valence electrons. The topological polar surface area (TPSA) is 106 Å². The normalized spacial score (nSPS) is 10.6. The van der Waals surface area contributed by atoms with Gasteiger partial charge in [-0.25, -0.2) is 14.3 Å². The molecule has 3 aromatic rings. The molecular weight excluding hydrogens is 324 g/mol. The number of aromatic amines is 1. The fourth-order valence-corrected chi connectivity index (χ4v) is 2.30. The zero-order valence-electron chi connectivity index (χ0n) is 13.5. The van der Waals surface area contributed by atoms with E-state index in [1.54, 1.807) is 6.92 Å². The van der Waals surface area contributed by atoms with Gasteiger partial charge in [0.25, 0.3) is 11.5 Å². The average molecular weight is 340 g/mol. The number of esters is 1. The molecule has 2 N–H and O–H groups in total. The third-order valence-corrected chi connectivity index (χ3v) is 3.53. The van der Waals surface area contributed by atoms with E-state index in [2.05, 4.69) is 15.4 Å². The molecule has 0 aliphatic rings. The lowest BCUT2D eigenvalue weighted by molar-refractivity contribution is 0.0523. The molecule has 1 amide bonds. The quantitative estimate of drug-likeness (QED) is 0.677. The third-order valence-electron chi connectivity index (χ3n) is 3.53. The van der Waals surface area contributed by atoms with E-state index >= 15 is 0 Å². The summed E-state index contributed by atoms with van der Waals surface area (Å²) in [5.41, 5.74) is 0.541. The molecule has 0 unspecified atom stereocenters. The van der Waals surface area contributed by atoms with Crippen molar-refractivity contribution in [2.45, 2.75) is 13.5 Å². The SMILES string of the molecule is CCOC(=O)c1cnc2cc(C(=O)NCc3ccccc3)[nH]n2c1=O. The molecule has 0 atom stereocenters. The van der Waals surface area contributed by atoms with Gasteiger partial charge in [-0.1, -0.05) is 30.3 Å². The van der Waals surface area contributed by atoms with Crippen LogP contribution in [0, 0.1) is 0 Å². The van der Waals surface area contributed by atoms with Gasteiger partial charge in [-0.3, -0.25) is 14.7 Å². The van der Waals surface area contributed by atoms with Crippen molar-refractivity contribution in [3.63, 3.8) is 0 Å². The minimum absolute atomic E-state index is 0.152. The number of carbonyl (C=O) groups excluding carboxylic acids is 2. The van der Waals surface area contributed by atoms with Crippen LogP contribution in [0.15, 0.2) is 47.4 Å². The lowest BCUT2D eigenvalue weighted by Crippen LogP contribution is -2.26. The molecule has 3 rings (SSSR count). The minimum Gasteiger partial charge on any atom is -0.462 e. The first kappa shape index (κ1) is 16.4. The van der Waals surface area contributed by atoms with Gasteiger partial charge in [0.15, 0.2) is 5.65 Å². The first-order valence-corrected chi connectivity index (χ1v) is 7.70. The van der Waals surface area contributed by atoms with E-state index in [1.165, 1.54) is 6.07 Å². The number of nitrogens with one attached hydrogen (secondary N) is 2. The molecule has 2 aromatic heterocycles. The van der Waals surface area contributed by atoms with Crippen molar-refractivity contribution in [1.29, 1.82) is 0 Å². The van der Waals surface area contributed by atoms with Crippen molar-refractivity contribution in [2.24, 2.45) is 0 Å². The number of amides is 1. The van der Waals surface area contributed by atoms with Crippen LogP contribution in [0.5, 0.6) is 0 Å². The number of fused-ring (bicyclic) bond motifs is 1. The Bertz CT molecular complexity index is 975. The molecule has 8 heteroatoms. The molecule has 0 fully saturated rings. The van der Waals surface area contributed by atoms with Crippen LogP contribution in [0.2, 0.25) is 0 Å². The van der Waals surface area contributed by atoms with Crippen LogP contribution >= 0.6 is 0 Å². The van der Waals surface area contributed by atoms with Crippen LogP contribution in [0.1, 0.15) is 33.3 Å². The standard InChI is InChI=1S/C17H16N4O4/c1-2-25-17(24)12-10-18-14-8-13(20-21(14)16(12)23)15(22)19-9-11-6-4-3-5-7-11/h3-8,10,20H,2,9H2,1H3,(H,19,22). The first-order valence-electron chi connectivity index (χ1n) is 7.70. The zero-order chi connectivity index (χ0) is 17.8. The average Bonchev–Trinajstić information content (AvgIpc) is 3.06. The second kappa shape index (κ2) is 7.00. The Morgan fingerprint density at radius 2 is 2.04 bits per heavy atom. The van der Waals surface area contributed by atoms with Gasteiger partial charge in [0.2, 0.25) is 0 Å². The first-order chi connectivity index (χ1) is 12.1. The molecule has 0 spiro atoms. The summed E-state index contributed by atoms with van der Waals surface area (Å²) >= 11 is 0. The van der Waals surface area contributed by atoms with Crippen LogP contribution in [0.4, 0.5) is 0 Å². The van der Waals surface area contributed by atoms with Gasteiger partial charge in [0.1, 0.15) is 11.3 Å². The summed E-state index contributed by atoms with van der Waals surface area (Å²) in [6, 6.07) is 10.9. The van der Waals surface area contributed by atoms with Gasteiger partial charge >= 0.3 is 5.97 Å². The Morgan fingerprint density at radius 1 is 1.28 bits per heavy atom. The largest absolute Gasteiger partial charge is 0.462 e. The van der Waals surface area contributed by atoms with E-state index in [4.69, 9.17) is 4.74 Å². The number of carbonyl (C=O) groups is 2. The number of hydrogen-bond acceptors (Lipinski definition) is 5. The van der Waals surface area contributed by atoms with Gasteiger partial charge in [-0.15, -0.1) is 0 Å². The summed E-state index contributed by atoms with van der Waals surface area (Å²) in [7, 11) is 0. The maximum atomic E-state index is 12.3. The van der Waals surface area contributed by atoms with E-state index in [0.29, 0.717) is 6.54 Å². The zero-order valence-corrected chi connectivity index (χ0v) is 13.5. The van der Waals surface area contributed by atoms with E-state index in [0.717, 1.165) is 16.3 Å². The second-order valence-corrected chi connectivity index (χ2v) is 5.23. The monoisotopic (exact) mass is 340 g/mol. The summed E-state index contributed by atoms with van der Waals surface area (Å²) in [6.07, 6.45) is 1.15. The number of hydrogen-bond donors (Lipinski definition) is 2. The van der Waals surface area contributed by atoms with E-state index in [1.807, 2.05) is 30.3 Å². The molecule has 1 aromatic carbocycles. The highest BCUT2D eigenvalue weighted by atomic mass is 16.5. The van der Waals surface area contributed by atoms with Crippen molar-refractivity contribution in [3.8, 4) is 0 Å². The van der Waals surface area contributed by atoms with Gasteiger partial charge in [0, 0.05) is 18.8 Å². The molecule has 0 radical (unpaired) electrons. The molecule has 0 saturated heterocycles. The molecule has 8 nitrogen and oxygen atoms in total. The summed E-state index contributed by atoms with van der Waals surface area (Å²) < 4.78 is 5.86. The number of nitrogens with zero attached hydrogens (tertiary/aromatic N) is 2. The molecule has 2 heterocycles. The van der Waals surface area contributed by atoms with Crippen molar-refractivity contribution in [2.75, 3.05) is 6.61 Å². The van der Waals surface area contributed by atoms with Gasteiger partial charge in [-0.2, -0.15) is 0 Å². The number of aromatic nitrogens is 3. The minimum atomic E-state index is -0.751. The molecule has 0 bridgehead atoms. The van der Waals surface area contributed by atoms with Gasteiger partial charge < -0.3 is 10.1 Å². The third kappa shape index (κ3) is 3.42. The Kier molecular flexibility index (Phi) is 4.60. The van der Waals surface area contributed by atoms with Crippen molar-refractivity contribution in [3.05, 3.63) is 69.8 Å². The molecule has 0 saturated carbocycles. The molecular formula is C17H16N4O4. The maximum Gasteiger partial charge on any atom is 0.345 e. The summed E-state index contributed by atoms with van der Waals surface area (Å²) in [6.45, 7) is 2.15. The summed E-state index contributed by atoms with van der Waals surface area (Å²) in [4.78, 5) is 40.3. The maximum absolute atomic E-state index is 12.3. The fraction of sp³-hybridized carbons (Fsp3) is 0.176. The van der Waals surface area contributed by atoms with Crippen LogP contribution < -0.4 is 10.9 Å². The van der Waals surface area contributed by atoms with Crippen LogP contribution in [-0.4, -0.2) is 33.1 Å². The highest BCUT2D eigenvalue weighted by molar-refractivity contribution is 5.93. The Morgan fingerprint density at radius 3 is 2.76 bits per heavy atom. The highest BCUT2D eigenvalue weighted by Gasteiger charge is 2.17. The van der Waals surface area contributed by atoms with Gasteiger partial charge in [-0.05, 0) is 12.5 Å². The number of ether oxygens (including phenoxy) is 1. The number of benzene rings is 1. The van der Waals surface area contributed by atoms with E-state index in [9.17, 15) is 14.4 Å². The van der Waals surface area contributed by atoms with E-state index < -0.39 is 11.5 Å².